The van der Waals surface area contributed by atoms with Gasteiger partial charge in [-0.3, -0.25) is 13.9 Å². The molecule has 1 N–H and O–H groups in total. The third kappa shape index (κ3) is 7.54. The Kier molecular flexibility index (Phi) is 9.54. The Hall–Kier alpha value is -2.98. The lowest BCUT2D eigenvalue weighted by atomic mass is 10.1. The average molecular weight is 566 g/mol. The van der Waals surface area contributed by atoms with E-state index < -0.39 is 34.1 Å². The van der Waals surface area contributed by atoms with E-state index in [1.165, 1.54) is 11.8 Å². The standard InChI is InChI=1S/C27H36ClN3O6S/c1-6-22(26(33)29-27(3,4)5)30(17-19-8-10-20(28)11-9-19)25(32)18-31(38(34,35)7-2)21-12-13-23-24(16-21)37-15-14-36-23/h8-13,16,22H,6-7,14-15,17-18H2,1-5H3,(H,29,33)/t22-/m0/s1. The van der Waals surface area contributed by atoms with Gasteiger partial charge >= 0.3 is 0 Å². The quantitative estimate of drug-likeness (QED) is 0.467. The number of anilines is 1. The predicted molar refractivity (Wildman–Crippen MR) is 148 cm³/mol. The molecule has 0 fully saturated rings. The van der Waals surface area contributed by atoms with Crippen LogP contribution in [0.4, 0.5) is 5.69 Å². The number of carbonyl (C=O) groups is 2. The molecule has 1 aliphatic rings. The molecule has 0 saturated carbocycles. The second kappa shape index (κ2) is 12.3. The molecule has 0 bridgehead atoms. The number of hydrogen-bond acceptors (Lipinski definition) is 6. The maximum atomic E-state index is 13.9. The lowest BCUT2D eigenvalue weighted by molar-refractivity contribution is -0.141. The van der Waals surface area contributed by atoms with Crippen LogP contribution in [-0.2, 0) is 26.2 Å². The van der Waals surface area contributed by atoms with Gasteiger partial charge in [0.1, 0.15) is 25.8 Å². The number of sulfonamides is 1. The molecule has 38 heavy (non-hydrogen) atoms. The number of hydrogen-bond donors (Lipinski definition) is 1. The van der Waals surface area contributed by atoms with Crippen molar-refractivity contribution in [2.45, 2.75) is 59.2 Å². The molecule has 1 aliphatic heterocycles. The Morgan fingerprint density at radius 1 is 1.03 bits per heavy atom. The number of nitrogens with zero attached hydrogens (tertiary/aromatic N) is 2. The Balaban J connectivity index is 1.99. The van der Waals surface area contributed by atoms with Gasteiger partial charge in [-0.1, -0.05) is 30.7 Å². The van der Waals surface area contributed by atoms with Crippen molar-refractivity contribution in [2.24, 2.45) is 0 Å². The van der Waals surface area contributed by atoms with Crippen LogP contribution in [0.2, 0.25) is 5.02 Å². The molecule has 1 atom stereocenters. The van der Waals surface area contributed by atoms with Gasteiger partial charge in [0.05, 0.1) is 11.4 Å². The van der Waals surface area contributed by atoms with E-state index in [1.54, 1.807) is 42.5 Å². The summed E-state index contributed by atoms with van der Waals surface area (Å²) < 4.78 is 38.6. The summed E-state index contributed by atoms with van der Waals surface area (Å²) in [5.74, 6) is -0.122. The van der Waals surface area contributed by atoms with E-state index >= 15 is 0 Å². The van der Waals surface area contributed by atoms with Crippen LogP contribution in [0.25, 0.3) is 0 Å². The van der Waals surface area contributed by atoms with Crippen molar-refractivity contribution in [3.05, 3.63) is 53.1 Å². The molecule has 9 nitrogen and oxygen atoms in total. The molecule has 0 unspecified atom stereocenters. The molecule has 11 heteroatoms. The summed E-state index contributed by atoms with van der Waals surface area (Å²) >= 11 is 6.04. The third-order valence-electron chi connectivity index (χ3n) is 5.94. The van der Waals surface area contributed by atoms with Gasteiger partial charge in [-0.05, 0) is 63.9 Å². The first-order chi connectivity index (χ1) is 17.8. The van der Waals surface area contributed by atoms with Crippen LogP contribution >= 0.6 is 11.6 Å². The molecule has 2 amide bonds. The second-order valence-corrected chi connectivity index (χ2v) is 12.7. The molecular formula is C27H36ClN3O6S. The fraction of sp³-hybridized carbons (Fsp3) is 0.481. The van der Waals surface area contributed by atoms with Crippen LogP contribution in [0.3, 0.4) is 0 Å². The van der Waals surface area contributed by atoms with Gasteiger partial charge in [-0.15, -0.1) is 0 Å². The molecule has 0 spiro atoms. The minimum atomic E-state index is -3.86. The number of fused-ring (bicyclic) bond motifs is 1. The highest BCUT2D eigenvalue weighted by Gasteiger charge is 2.34. The largest absolute Gasteiger partial charge is 0.486 e. The maximum Gasteiger partial charge on any atom is 0.244 e. The van der Waals surface area contributed by atoms with Crippen molar-refractivity contribution in [1.82, 2.24) is 10.2 Å². The average Bonchev–Trinajstić information content (AvgIpc) is 2.86. The van der Waals surface area contributed by atoms with Crippen molar-refractivity contribution in [3.63, 3.8) is 0 Å². The first kappa shape index (κ1) is 29.6. The van der Waals surface area contributed by atoms with Crippen LogP contribution in [0.5, 0.6) is 11.5 Å². The van der Waals surface area contributed by atoms with Gasteiger partial charge < -0.3 is 19.7 Å². The highest BCUT2D eigenvalue weighted by Crippen LogP contribution is 2.35. The zero-order chi connectivity index (χ0) is 28.1. The Morgan fingerprint density at radius 3 is 2.24 bits per heavy atom. The Labute approximate surface area is 230 Å². The molecule has 2 aromatic carbocycles. The zero-order valence-corrected chi connectivity index (χ0v) is 24.1. The number of halogens is 1. The van der Waals surface area contributed by atoms with E-state index in [2.05, 4.69) is 5.32 Å². The fourth-order valence-corrected chi connectivity index (χ4v) is 5.25. The van der Waals surface area contributed by atoms with Gasteiger partial charge in [-0.2, -0.15) is 0 Å². The van der Waals surface area contributed by atoms with Crippen molar-refractivity contribution in [1.29, 1.82) is 0 Å². The van der Waals surface area contributed by atoms with E-state index in [9.17, 15) is 18.0 Å². The van der Waals surface area contributed by atoms with Crippen molar-refractivity contribution < 1.29 is 27.5 Å². The van der Waals surface area contributed by atoms with Crippen molar-refractivity contribution >= 4 is 39.1 Å². The summed E-state index contributed by atoms with van der Waals surface area (Å²) in [6.45, 7) is 9.28. The number of benzene rings is 2. The molecule has 0 saturated heterocycles. The van der Waals surface area contributed by atoms with Gasteiger partial charge in [-0.25, -0.2) is 8.42 Å². The molecule has 2 aromatic rings. The fourth-order valence-electron chi connectivity index (χ4n) is 4.07. The lowest BCUT2D eigenvalue weighted by Gasteiger charge is -2.35. The van der Waals surface area contributed by atoms with E-state index in [1.807, 2.05) is 27.7 Å². The predicted octanol–water partition coefficient (Wildman–Crippen LogP) is 3.99. The smallest absolute Gasteiger partial charge is 0.244 e. The number of ether oxygens (including phenoxy) is 2. The van der Waals surface area contributed by atoms with Crippen LogP contribution in [0.1, 0.15) is 46.6 Å². The van der Waals surface area contributed by atoms with Crippen LogP contribution in [0, 0.1) is 0 Å². The SMILES string of the molecule is CC[C@@H](C(=O)NC(C)(C)C)N(Cc1ccc(Cl)cc1)C(=O)CN(c1ccc2c(c1)OCCO2)S(=O)(=O)CC. The first-order valence-electron chi connectivity index (χ1n) is 12.6. The molecular weight excluding hydrogens is 530 g/mol. The second-order valence-electron chi connectivity index (χ2n) is 10.0. The van der Waals surface area contributed by atoms with Gasteiger partial charge in [0, 0.05) is 23.2 Å². The molecule has 208 valence electrons. The van der Waals surface area contributed by atoms with Crippen molar-refractivity contribution in [3.8, 4) is 11.5 Å². The highest BCUT2D eigenvalue weighted by atomic mass is 35.5. The number of amides is 2. The summed E-state index contributed by atoms with van der Waals surface area (Å²) in [5.41, 5.74) is 0.527. The van der Waals surface area contributed by atoms with Gasteiger partial charge in [0.15, 0.2) is 11.5 Å². The molecule has 0 radical (unpaired) electrons. The van der Waals surface area contributed by atoms with E-state index in [0.717, 1.165) is 9.87 Å². The number of nitrogens with one attached hydrogen (secondary N) is 1. The van der Waals surface area contributed by atoms with Crippen LogP contribution in [0.15, 0.2) is 42.5 Å². The van der Waals surface area contributed by atoms with Gasteiger partial charge in [0.25, 0.3) is 0 Å². The zero-order valence-electron chi connectivity index (χ0n) is 22.5. The lowest BCUT2D eigenvalue weighted by Crippen LogP contribution is -2.55. The summed E-state index contributed by atoms with van der Waals surface area (Å²) in [5, 5.41) is 3.49. The summed E-state index contributed by atoms with van der Waals surface area (Å²) in [6.07, 6.45) is 0.339. The summed E-state index contributed by atoms with van der Waals surface area (Å²) in [4.78, 5) is 28.6. The normalized spacial score (nSPS) is 13.9. The third-order valence-corrected chi connectivity index (χ3v) is 7.94. The minimum absolute atomic E-state index is 0.104. The molecule has 0 aromatic heterocycles. The van der Waals surface area contributed by atoms with E-state index in [0.29, 0.717) is 36.2 Å². The molecule has 1 heterocycles. The highest BCUT2D eigenvalue weighted by molar-refractivity contribution is 7.92. The van der Waals surface area contributed by atoms with Crippen LogP contribution < -0.4 is 19.1 Å². The van der Waals surface area contributed by atoms with Crippen LogP contribution in [-0.4, -0.2) is 62.2 Å². The minimum Gasteiger partial charge on any atom is -0.486 e. The van der Waals surface area contributed by atoms with Crippen molar-refractivity contribution in [2.75, 3.05) is 29.8 Å². The summed E-state index contributed by atoms with van der Waals surface area (Å²) in [6, 6.07) is 10.9. The Bertz CT molecular complexity index is 1240. The number of rotatable bonds is 10. The summed E-state index contributed by atoms with van der Waals surface area (Å²) in [7, 11) is -3.86. The maximum absolute atomic E-state index is 13.9. The van der Waals surface area contributed by atoms with E-state index in [4.69, 9.17) is 21.1 Å². The first-order valence-corrected chi connectivity index (χ1v) is 14.6. The molecule has 3 rings (SSSR count). The number of carbonyl (C=O) groups excluding carboxylic acids is 2. The monoisotopic (exact) mass is 565 g/mol. The van der Waals surface area contributed by atoms with Gasteiger partial charge in [0.2, 0.25) is 21.8 Å². The van der Waals surface area contributed by atoms with E-state index in [-0.39, 0.29) is 23.9 Å². The Morgan fingerprint density at radius 2 is 1.66 bits per heavy atom. The topological polar surface area (TPSA) is 105 Å². The molecule has 0 aliphatic carbocycles.